The van der Waals surface area contributed by atoms with Gasteiger partial charge in [-0.3, -0.25) is 9.00 Å². The number of carboxylic acid groups (broad SMARTS) is 1. The molecule has 1 aromatic carbocycles. The minimum atomic E-state index is -1.31. The van der Waals surface area contributed by atoms with Crippen molar-refractivity contribution in [3.8, 4) is 6.07 Å². The van der Waals surface area contributed by atoms with Gasteiger partial charge in [0.25, 0.3) is 0 Å². The van der Waals surface area contributed by atoms with Crippen LogP contribution >= 0.6 is 0 Å². The molecule has 5 heteroatoms. The molecule has 1 unspecified atom stereocenters. The van der Waals surface area contributed by atoms with Gasteiger partial charge in [-0.05, 0) is 17.7 Å². The molecule has 1 atom stereocenters. The molecule has 0 aliphatic rings. The van der Waals surface area contributed by atoms with Crippen LogP contribution in [0.4, 0.5) is 0 Å². The number of hydrogen-bond donors (Lipinski definition) is 1. The fourth-order valence-electron chi connectivity index (χ4n) is 1.08. The van der Waals surface area contributed by atoms with Gasteiger partial charge < -0.3 is 5.11 Å². The van der Waals surface area contributed by atoms with Crippen molar-refractivity contribution >= 4 is 16.8 Å². The van der Waals surface area contributed by atoms with Crippen molar-refractivity contribution in [2.24, 2.45) is 0 Å². The number of nitrogens with zero attached hydrogens (tertiary/aromatic N) is 1. The molecule has 0 saturated carbocycles. The van der Waals surface area contributed by atoms with E-state index < -0.39 is 16.8 Å². The lowest BCUT2D eigenvalue weighted by Crippen LogP contribution is -2.00. The van der Waals surface area contributed by atoms with Crippen molar-refractivity contribution < 1.29 is 14.1 Å². The van der Waals surface area contributed by atoms with Crippen molar-refractivity contribution in [2.75, 3.05) is 5.75 Å². The zero-order chi connectivity index (χ0) is 11.3. The van der Waals surface area contributed by atoms with Crippen molar-refractivity contribution in [2.45, 2.75) is 11.3 Å². The molecule has 0 fully saturated rings. The lowest BCUT2D eigenvalue weighted by molar-refractivity contribution is -0.136. The summed E-state index contributed by atoms with van der Waals surface area (Å²) in [4.78, 5) is 10.9. The smallest absolute Gasteiger partial charge is 0.307 e. The largest absolute Gasteiger partial charge is 0.481 e. The van der Waals surface area contributed by atoms with E-state index in [0.717, 1.165) is 0 Å². The maximum atomic E-state index is 11.4. The predicted octanol–water partition coefficient (Wildman–Crippen LogP) is 0.945. The second kappa shape index (κ2) is 5.27. The van der Waals surface area contributed by atoms with Crippen molar-refractivity contribution in [1.82, 2.24) is 0 Å². The summed E-state index contributed by atoms with van der Waals surface area (Å²) < 4.78 is 11.4. The van der Waals surface area contributed by atoms with Crippen molar-refractivity contribution in [3.05, 3.63) is 29.8 Å². The summed E-state index contributed by atoms with van der Waals surface area (Å²) in [6, 6.07) is 8.22. The molecule has 0 spiro atoms. The zero-order valence-electron chi connectivity index (χ0n) is 7.84. The molecular formula is C10H9NO3S. The highest BCUT2D eigenvalue weighted by Crippen LogP contribution is 2.09. The summed E-state index contributed by atoms with van der Waals surface area (Å²) >= 11 is 0. The molecule has 0 saturated heterocycles. The first-order chi connectivity index (χ1) is 7.13. The normalized spacial score (nSPS) is 11.7. The van der Waals surface area contributed by atoms with E-state index in [1.54, 1.807) is 24.3 Å². The third-order valence-corrected chi connectivity index (χ3v) is 2.93. The van der Waals surface area contributed by atoms with Gasteiger partial charge in [-0.25, -0.2) is 0 Å². The van der Waals surface area contributed by atoms with E-state index >= 15 is 0 Å². The Morgan fingerprint density at radius 2 is 2.00 bits per heavy atom. The molecule has 0 aromatic heterocycles. The quantitative estimate of drug-likeness (QED) is 0.824. The Kier molecular flexibility index (Phi) is 4.01. The summed E-state index contributed by atoms with van der Waals surface area (Å²) in [6.45, 7) is 0. The van der Waals surface area contributed by atoms with E-state index in [9.17, 15) is 9.00 Å². The first-order valence-corrected chi connectivity index (χ1v) is 5.51. The number of benzene rings is 1. The van der Waals surface area contributed by atoms with Gasteiger partial charge in [0.05, 0.1) is 23.3 Å². The molecule has 1 rings (SSSR count). The Balaban J connectivity index is 2.77. The Labute approximate surface area is 89.6 Å². The Hall–Kier alpha value is -1.67. The molecule has 1 aromatic rings. The molecule has 0 bridgehead atoms. The molecule has 0 heterocycles. The molecule has 15 heavy (non-hydrogen) atoms. The zero-order valence-corrected chi connectivity index (χ0v) is 8.66. The maximum Gasteiger partial charge on any atom is 0.307 e. The second-order valence-corrected chi connectivity index (χ2v) is 4.31. The number of carboxylic acids is 1. The van der Waals surface area contributed by atoms with Gasteiger partial charge in [0.15, 0.2) is 0 Å². The minimum Gasteiger partial charge on any atom is -0.481 e. The van der Waals surface area contributed by atoms with E-state index in [-0.39, 0.29) is 12.2 Å². The van der Waals surface area contributed by atoms with Gasteiger partial charge in [-0.15, -0.1) is 0 Å². The van der Waals surface area contributed by atoms with Crippen LogP contribution in [0.25, 0.3) is 0 Å². The van der Waals surface area contributed by atoms with Crippen LogP contribution in [0, 0.1) is 11.3 Å². The molecule has 4 nitrogen and oxygen atoms in total. The third kappa shape index (κ3) is 3.52. The molecule has 0 aliphatic heterocycles. The second-order valence-electron chi connectivity index (χ2n) is 2.86. The summed E-state index contributed by atoms with van der Waals surface area (Å²) in [5.41, 5.74) is 0.653. The highest BCUT2D eigenvalue weighted by molar-refractivity contribution is 7.85. The fraction of sp³-hybridized carbons (Fsp3) is 0.200. The van der Waals surface area contributed by atoms with Crippen LogP contribution in [0.2, 0.25) is 0 Å². The molecule has 0 amide bonds. The molecule has 0 radical (unpaired) electrons. The van der Waals surface area contributed by atoms with Gasteiger partial charge in [0, 0.05) is 4.90 Å². The summed E-state index contributed by atoms with van der Waals surface area (Å²) in [5, 5.41) is 16.9. The van der Waals surface area contributed by atoms with E-state index in [1.807, 2.05) is 6.07 Å². The summed E-state index contributed by atoms with van der Waals surface area (Å²) in [5.74, 6) is -0.945. The highest BCUT2D eigenvalue weighted by Gasteiger charge is 2.04. The van der Waals surface area contributed by atoms with E-state index in [0.29, 0.717) is 10.5 Å². The topological polar surface area (TPSA) is 78.2 Å². The third-order valence-electron chi connectivity index (χ3n) is 1.74. The SMILES string of the molecule is N#CCS(=O)c1ccc(CC(=O)O)cc1. The van der Waals surface area contributed by atoms with Gasteiger partial charge in [0.2, 0.25) is 0 Å². The van der Waals surface area contributed by atoms with Crippen LogP contribution in [-0.2, 0) is 22.0 Å². The number of aliphatic carboxylic acids is 1. The molecular weight excluding hydrogens is 214 g/mol. The number of rotatable bonds is 4. The fourth-order valence-corrected chi connectivity index (χ4v) is 1.80. The van der Waals surface area contributed by atoms with Crippen LogP contribution in [0.15, 0.2) is 29.2 Å². The van der Waals surface area contributed by atoms with Crippen LogP contribution in [0.5, 0.6) is 0 Å². The van der Waals surface area contributed by atoms with Gasteiger partial charge in [-0.2, -0.15) is 5.26 Å². The van der Waals surface area contributed by atoms with Gasteiger partial charge in [0.1, 0.15) is 5.75 Å². The van der Waals surface area contributed by atoms with Crippen LogP contribution in [-0.4, -0.2) is 21.0 Å². The van der Waals surface area contributed by atoms with E-state index in [2.05, 4.69) is 0 Å². The van der Waals surface area contributed by atoms with Crippen LogP contribution < -0.4 is 0 Å². The minimum absolute atomic E-state index is 0.0434. The maximum absolute atomic E-state index is 11.4. The molecule has 78 valence electrons. The summed E-state index contributed by atoms with van der Waals surface area (Å²) in [7, 11) is -1.31. The predicted molar refractivity (Wildman–Crippen MR) is 54.7 cm³/mol. The Morgan fingerprint density at radius 3 is 2.47 bits per heavy atom. The lowest BCUT2D eigenvalue weighted by atomic mass is 10.2. The van der Waals surface area contributed by atoms with Gasteiger partial charge >= 0.3 is 5.97 Å². The highest BCUT2D eigenvalue weighted by atomic mass is 32.2. The van der Waals surface area contributed by atoms with E-state index in [1.165, 1.54) is 0 Å². The first kappa shape index (κ1) is 11.4. The number of hydrogen-bond acceptors (Lipinski definition) is 3. The monoisotopic (exact) mass is 223 g/mol. The van der Waals surface area contributed by atoms with Crippen molar-refractivity contribution in [1.29, 1.82) is 5.26 Å². The number of nitriles is 1. The molecule has 0 aliphatic carbocycles. The number of carbonyl (C=O) groups is 1. The molecule has 1 N–H and O–H groups in total. The van der Waals surface area contributed by atoms with E-state index in [4.69, 9.17) is 10.4 Å². The van der Waals surface area contributed by atoms with Crippen molar-refractivity contribution in [3.63, 3.8) is 0 Å². The standard InChI is InChI=1S/C10H9NO3S/c11-5-6-15(14)9-3-1-8(2-4-9)7-10(12)13/h1-4H,6-7H2,(H,12,13). The van der Waals surface area contributed by atoms with Crippen LogP contribution in [0.3, 0.4) is 0 Å². The van der Waals surface area contributed by atoms with Gasteiger partial charge in [-0.1, -0.05) is 12.1 Å². The first-order valence-electron chi connectivity index (χ1n) is 4.19. The van der Waals surface area contributed by atoms with Crippen LogP contribution in [0.1, 0.15) is 5.56 Å². The Morgan fingerprint density at radius 1 is 1.40 bits per heavy atom. The average molecular weight is 223 g/mol. The average Bonchev–Trinajstić information content (AvgIpc) is 2.18. The Bertz CT molecular complexity index is 419. The lowest BCUT2D eigenvalue weighted by Gasteiger charge is -1.99. The summed E-state index contributed by atoms with van der Waals surface area (Å²) in [6.07, 6.45) is -0.0504.